The Morgan fingerprint density at radius 2 is 1.79 bits per heavy atom. The molecule has 0 unspecified atom stereocenters. The number of benzene rings is 2. The zero-order valence-corrected chi connectivity index (χ0v) is 16.4. The molecule has 4 N–H and O–H groups in total. The Kier molecular flexibility index (Phi) is 5.77. The summed E-state index contributed by atoms with van der Waals surface area (Å²) in [6, 6.07) is 12.9. The molecular formula is C20H16ClN3O3S. The van der Waals surface area contributed by atoms with E-state index in [1.54, 1.807) is 54.8 Å². The summed E-state index contributed by atoms with van der Waals surface area (Å²) in [5.41, 5.74) is 7.52. The third kappa shape index (κ3) is 4.39. The van der Waals surface area contributed by atoms with Crippen LogP contribution in [0.2, 0.25) is 5.02 Å². The first kappa shape index (κ1) is 19.6. The smallest absolute Gasteiger partial charge is 0.265 e. The third-order valence-corrected chi connectivity index (χ3v) is 5.17. The van der Waals surface area contributed by atoms with Crippen molar-refractivity contribution in [2.75, 3.05) is 10.6 Å². The van der Waals surface area contributed by atoms with E-state index in [4.69, 9.17) is 17.3 Å². The minimum atomic E-state index is -0.529. The maximum Gasteiger partial charge on any atom is 0.265 e. The number of hydrogen-bond acceptors (Lipinski definition) is 4. The predicted octanol–water partition coefficient (Wildman–Crippen LogP) is 4.31. The number of aryl methyl sites for hydroxylation is 1. The fraction of sp³-hybridized carbons (Fsp3) is 0.0500. The molecule has 3 aromatic rings. The second kappa shape index (κ2) is 8.24. The number of halogens is 1. The van der Waals surface area contributed by atoms with Gasteiger partial charge in [-0.3, -0.25) is 14.4 Å². The normalized spacial score (nSPS) is 10.4. The lowest BCUT2D eigenvalue weighted by molar-refractivity contribution is 0.0996. The average Bonchev–Trinajstić information content (AvgIpc) is 3.18. The van der Waals surface area contributed by atoms with E-state index in [0.717, 1.165) is 0 Å². The zero-order valence-electron chi connectivity index (χ0n) is 14.8. The van der Waals surface area contributed by atoms with Gasteiger partial charge in [-0.05, 0) is 60.3 Å². The molecule has 0 aliphatic heterocycles. The molecule has 3 amide bonds. The van der Waals surface area contributed by atoms with Crippen molar-refractivity contribution in [2.45, 2.75) is 6.92 Å². The van der Waals surface area contributed by atoms with Gasteiger partial charge in [0.2, 0.25) is 5.91 Å². The minimum Gasteiger partial charge on any atom is -0.366 e. The summed E-state index contributed by atoms with van der Waals surface area (Å²) in [7, 11) is 0. The second-order valence-electron chi connectivity index (χ2n) is 5.97. The Morgan fingerprint density at radius 1 is 1.00 bits per heavy atom. The summed E-state index contributed by atoms with van der Waals surface area (Å²) in [5.74, 6) is -1.21. The van der Waals surface area contributed by atoms with Crippen molar-refractivity contribution in [3.8, 4) is 0 Å². The number of rotatable bonds is 5. The highest BCUT2D eigenvalue weighted by atomic mass is 35.5. The molecule has 1 heterocycles. The van der Waals surface area contributed by atoms with Gasteiger partial charge >= 0.3 is 0 Å². The molecule has 0 saturated carbocycles. The number of thiophene rings is 1. The molecule has 3 rings (SSSR count). The maximum absolute atomic E-state index is 12.6. The van der Waals surface area contributed by atoms with Gasteiger partial charge < -0.3 is 16.4 Å². The Labute approximate surface area is 170 Å². The predicted molar refractivity (Wildman–Crippen MR) is 111 cm³/mol. The largest absolute Gasteiger partial charge is 0.366 e. The molecule has 0 aliphatic carbocycles. The molecule has 0 aliphatic rings. The average molecular weight is 414 g/mol. The first-order chi connectivity index (χ1) is 13.3. The van der Waals surface area contributed by atoms with E-state index in [0.29, 0.717) is 38.0 Å². The lowest BCUT2D eigenvalue weighted by Gasteiger charge is -2.11. The van der Waals surface area contributed by atoms with Crippen molar-refractivity contribution < 1.29 is 14.4 Å². The van der Waals surface area contributed by atoms with E-state index in [2.05, 4.69) is 10.6 Å². The summed E-state index contributed by atoms with van der Waals surface area (Å²) in [6.07, 6.45) is 0. The Hall–Kier alpha value is -3.16. The fourth-order valence-electron chi connectivity index (χ4n) is 2.58. The highest BCUT2D eigenvalue weighted by Gasteiger charge is 2.14. The molecule has 0 spiro atoms. The van der Waals surface area contributed by atoms with Crippen molar-refractivity contribution in [3.63, 3.8) is 0 Å². The van der Waals surface area contributed by atoms with E-state index < -0.39 is 5.91 Å². The van der Waals surface area contributed by atoms with Crippen LogP contribution in [-0.2, 0) is 0 Å². The summed E-state index contributed by atoms with van der Waals surface area (Å²) < 4.78 is 0. The quantitative estimate of drug-likeness (QED) is 0.580. The van der Waals surface area contributed by atoms with E-state index in [1.165, 1.54) is 17.4 Å². The number of amides is 3. The molecule has 0 radical (unpaired) electrons. The standard InChI is InChI=1S/C20H16ClN3O3S/c1-11-9-13(5-6-14(11)18(22)25)23-19(26)12-4-7-15(21)16(10-12)24-20(27)17-3-2-8-28-17/h2-10H,1H3,(H2,22,25)(H,23,26)(H,24,27). The van der Waals surface area contributed by atoms with Gasteiger partial charge in [0.1, 0.15) is 0 Å². The van der Waals surface area contributed by atoms with Crippen molar-refractivity contribution >= 4 is 52.0 Å². The Morgan fingerprint density at radius 3 is 2.43 bits per heavy atom. The number of anilines is 2. The van der Waals surface area contributed by atoms with Gasteiger partial charge in [-0.15, -0.1) is 11.3 Å². The van der Waals surface area contributed by atoms with Crippen LogP contribution in [0.1, 0.15) is 36.0 Å². The van der Waals surface area contributed by atoms with Crippen LogP contribution in [0.5, 0.6) is 0 Å². The Bertz CT molecular complexity index is 1060. The number of carbonyl (C=O) groups is 3. The summed E-state index contributed by atoms with van der Waals surface area (Å²) in [4.78, 5) is 36.6. The van der Waals surface area contributed by atoms with E-state index >= 15 is 0 Å². The summed E-state index contributed by atoms with van der Waals surface area (Å²) in [5, 5.41) is 7.58. The van der Waals surface area contributed by atoms with Crippen LogP contribution in [-0.4, -0.2) is 17.7 Å². The number of carbonyl (C=O) groups excluding carboxylic acids is 3. The maximum atomic E-state index is 12.6. The molecule has 8 heteroatoms. The zero-order chi connectivity index (χ0) is 20.3. The molecule has 0 saturated heterocycles. The monoisotopic (exact) mass is 413 g/mol. The molecule has 0 bridgehead atoms. The van der Waals surface area contributed by atoms with Gasteiger partial charge in [-0.25, -0.2) is 0 Å². The van der Waals surface area contributed by atoms with Crippen LogP contribution in [0.25, 0.3) is 0 Å². The van der Waals surface area contributed by atoms with E-state index in [-0.39, 0.29) is 11.8 Å². The number of nitrogens with one attached hydrogen (secondary N) is 2. The van der Waals surface area contributed by atoms with E-state index in [9.17, 15) is 14.4 Å². The van der Waals surface area contributed by atoms with Crippen LogP contribution in [0, 0.1) is 6.92 Å². The number of hydrogen-bond donors (Lipinski definition) is 3. The third-order valence-electron chi connectivity index (χ3n) is 3.97. The molecule has 142 valence electrons. The minimum absolute atomic E-state index is 0.299. The molecule has 28 heavy (non-hydrogen) atoms. The van der Waals surface area contributed by atoms with Gasteiger partial charge in [0.15, 0.2) is 0 Å². The van der Waals surface area contributed by atoms with Gasteiger partial charge in [0.05, 0.1) is 15.6 Å². The molecule has 2 aromatic carbocycles. The van der Waals surface area contributed by atoms with E-state index in [1.807, 2.05) is 0 Å². The van der Waals surface area contributed by atoms with Crippen molar-refractivity contribution in [1.82, 2.24) is 0 Å². The van der Waals surface area contributed by atoms with Crippen LogP contribution in [0.3, 0.4) is 0 Å². The molecule has 6 nitrogen and oxygen atoms in total. The van der Waals surface area contributed by atoms with Crippen molar-refractivity contribution in [2.24, 2.45) is 5.73 Å². The molecular weight excluding hydrogens is 398 g/mol. The number of primary amides is 1. The first-order valence-corrected chi connectivity index (χ1v) is 9.47. The lowest BCUT2D eigenvalue weighted by Crippen LogP contribution is -2.16. The lowest BCUT2D eigenvalue weighted by atomic mass is 10.1. The molecule has 0 fully saturated rings. The van der Waals surface area contributed by atoms with Gasteiger partial charge in [-0.1, -0.05) is 17.7 Å². The molecule has 0 atom stereocenters. The molecule has 1 aromatic heterocycles. The van der Waals surface area contributed by atoms with Crippen molar-refractivity contribution in [3.05, 3.63) is 80.5 Å². The SMILES string of the molecule is Cc1cc(NC(=O)c2ccc(Cl)c(NC(=O)c3cccs3)c2)ccc1C(N)=O. The van der Waals surface area contributed by atoms with Crippen LogP contribution in [0.15, 0.2) is 53.9 Å². The Balaban J connectivity index is 1.78. The first-order valence-electron chi connectivity index (χ1n) is 8.21. The summed E-state index contributed by atoms with van der Waals surface area (Å²) in [6.45, 7) is 1.73. The summed E-state index contributed by atoms with van der Waals surface area (Å²) >= 11 is 7.45. The van der Waals surface area contributed by atoms with Gasteiger partial charge in [0.25, 0.3) is 11.8 Å². The van der Waals surface area contributed by atoms with Gasteiger partial charge in [-0.2, -0.15) is 0 Å². The fourth-order valence-corrected chi connectivity index (χ4v) is 3.36. The van der Waals surface area contributed by atoms with Gasteiger partial charge in [0, 0.05) is 16.8 Å². The number of nitrogens with two attached hydrogens (primary N) is 1. The van der Waals surface area contributed by atoms with Crippen LogP contribution < -0.4 is 16.4 Å². The van der Waals surface area contributed by atoms with Crippen LogP contribution >= 0.6 is 22.9 Å². The van der Waals surface area contributed by atoms with Crippen LogP contribution in [0.4, 0.5) is 11.4 Å². The highest BCUT2D eigenvalue weighted by Crippen LogP contribution is 2.25. The second-order valence-corrected chi connectivity index (χ2v) is 7.33. The topological polar surface area (TPSA) is 101 Å². The van der Waals surface area contributed by atoms with Crippen molar-refractivity contribution in [1.29, 1.82) is 0 Å². The highest BCUT2D eigenvalue weighted by molar-refractivity contribution is 7.12.